The fraction of sp³-hybridized carbons (Fsp3) is 0.864. The van der Waals surface area contributed by atoms with E-state index >= 15 is 0 Å². The molecule has 0 spiro atoms. The zero-order valence-corrected chi connectivity index (χ0v) is 20.4. The summed E-state index contributed by atoms with van der Waals surface area (Å²) in [7, 11) is 0. The molecule has 0 rings (SSSR count). The van der Waals surface area contributed by atoms with Gasteiger partial charge in [0.05, 0.1) is 0 Å². The quantitative estimate of drug-likeness (QED) is 0.408. The van der Waals surface area contributed by atoms with Gasteiger partial charge in [0, 0.05) is 36.3 Å². The van der Waals surface area contributed by atoms with Gasteiger partial charge in [0.1, 0.15) is 23.4 Å². The van der Waals surface area contributed by atoms with E-state index < -0.39 is 0 Å². The van der Waals surface area contributed by atoms with E-state index in [-0.39, 0.29) is 42.2 Å². The first-order chi connectivity index (χ1) is 12.8. The van der Waals surface area contributed by atoms with Gasteiger partial charge in [0.25, 0.3) is 0 Å². The van der Waals surface area contributed by atoms with Crippen LogP contribution in [0.2, 0.25) is 0 Å². The molecule has 0 saturated heterocycles. The topological polar surface area (TPSA) is 73.2 Å². The fourth-order valence-corrected chi connectivity index (χ4v) is 2.70. The van der Waals surface area contributed by atoms with Crippen molar-refractivity contribution in [1.82, 2.24) is 16.0 Å². The summed E-state index contributed by atoms with van der Waals surface area (Å²) >= 11 is 0. The zero-order valence-electron chi connectivity index (χ0n) is 20.4. The van der Waals surface area contributed by atoms with Crippen LogP contribution in [0.4, 0.5) is 0 Å². The number of nitrogens with zero attached hydrogens (tertiary/aromatic N) is 3. The van der Waals surface area contributed by atoms with Crippen LogP contribution in [-0.2, 0) is 0 Å². The molecule has 0 unspecified atom stereocenters. The van der Waals surface area contributed by atoms with E-state index in [0.717, 1.165) is 17.5 Å². The van der Waals surface area contributed by atoms with Gasteiger partial charge < -0.3 is 16.0 Å². The molecule has 0 atom stereocenters. The Morgan fingerprint density at radius 2 is 0.643 bits per heavy atom. The normalized spacial score (nSPS) is 15.4. The first kappa shape index (κ1) is 26.4. The lowest BCUT2D eigenvalue weighted by Crippen LogP contribution is -2.53. The van der Waals surface area contributed by atoms with E-state index in [0.29, 0.717) is 0 Å². The lowest BCUT2D eigenvalue weighted by Gasteiger charge is -2.30. The molecule has 28 heavy (non-hydrogen) atoms. The Morgan fingerprint density at radius 3 is 0.786 bits per heavy atom. The predicted molar refractivity (Wildman–Crippen MR) is 126 cm³/mol. The van der Waals surface area contributed by atoms with Crippen LogP contribution in [0.15, 0.2) is 15.0 Å². The largest absolute Gasteiger partial charge is 0.371 e. The summed E-state index contributed by atoms with van der Waals surface area (Å²) in [6.45, 7) is 25.4. The summed E-state index contributed by atoms with van der Waals surface area (Å²) in [6, 6.07) is 1.29. The highest BCUT2D eigenvalue weighted by molar-refractivity contribution is 6.22. The molecule has 3 N–H and O–H groups in total. The van der Waals surface area contributed by atoms with E-state index in [9.17, 15) is 0 Å². The molecule has 6 heteroatoms. The summed E-state index contributed by atoms with van der Waals surface area (Å²) in [5.74, 6) is 2.54. The Labute approximate surface area is 174 Å². The van der Waals surface area contributed by atoms with E-state index in [1.165, 1.54) is 0 Å². The highest BCUT2D eigenvalue weighted by atomic mass is 15.1. The molecule has 0 radical (unpaired) electrons. The Morgan fingerprint density at radius 1 is 0.429 bits per heavy atom. The minimum Gasteiger partial charge on any atom is -0.371 e. The second-order valence-corrected chi connectivity index (χ2v) is 9.15. The number of aliphatic imine (C=N–C) groups is 3. The first-order valence-corrected chi connectivity index (χ1v) is 10.9. The van der Waals surface area contributed by atoms with Crippen LogP contribution in [0, 0.1) is 5.92 Å². The van der Waals surface area contributed by atoms with E-state index in [4.69, 9.17) is 15.0 Å². The van der Waals surface area contributed by atoms with Crippen molar-refractivity contribution in [2.75, 3.05) is 0 Å². The second kappa shape index (κ2) is 12.8. The van der Waals surface area contributed by atoms with Gasteiger partial charge in [-0.2, -0.15) is 0 Å². The van der Waals surface area contributed by atoms with Crippen LogP contribution in [0.5, 0.6) is 0 Å². The SMILES string of the molecule is CC(C)N=C(NC(C)C)C(C(=NC(C)C)NC(C)C)C(=NC(C)C)NC(C)C. The van der Waals surface area contributed by atoms with Crippen molar-refractivity contribution >= 4 is 17.5 Å². The molecule has 0 aliphatic carbocycles. The third-order valence-electron chi connectivity index (χ3n) is 3.32. The summed E-state index contributed by atoms with van der Waals surface area (Å²) in [4.78, 5) is 14.9. The van der Waals surface area contributed by atoms with Crippen LogP contribution in [0.1, 0.15) is 83.1 Å². The van der Waals surface area contributed by atoms with Gasteiger partial charge >= 0.3 is 0 Å². The molecule has 0 saturated carbocycles. The molecule has 0 bridgehead atoms. The molecule has 6 nitrogen and oxygen atoms in total. The van der Waals surface area contributed by atoms with Crippen molar-refractivity contribution in [3.8, 4) is 0 Å². The maximum Gasteiger partial charge on any atom is 0.130 e. The van der Waals surface area contributed by atoms with Gasteiger partial charge in [-0.05, 0) is 83.1 Å². The highest BCUT2D eigenvalue weighted by Gasteiger charge is 2.30. The van der Waals surface area contributed by atoms with Crippen molar-refractivity contribution in [3.05, 3.63) is 0 Å². The molecular formula is C22H46N6. The number of hydrogen-bond acceptors (Lipinski definition) is 3. The first-order valence-electron chi connectivity index (χ1n) is 10.9. The summed E-state index contributed by atoms with van der Waals surface area (Å²) in [5.41, 5.74) is 0. The van der Waals surface area contributed by atoms with Gasteiger partial charge in [-0.15, -0.1) is 0 Å². The average molecular weight is 395 g/mol. The Hall–Kier alpha value is -1.59. The molecule has 0 aromatic heterocycles. The Bertz CT molecular complexity index is 451. The van der Waals surface area contributed by atoms with Gasteiger partial charge in [-0.3, -0.25) is 15.0 Å². The molecule has 164 valence electrons. The van der Waals surface area contributed by atoms with Crippen molar-refractivity contribution in [3.63, 3.8) is 0 Å². The van der Waals surface area contributed by atoms with Crippen molar-refractivity contribution in [2.45, 2.75) is 119 Å². The van der Waals surface area contributed by atoms with Crippen LogP contribution in [0.3, 0.4) is 0 Å². The van der Waals surface area contributed by atoms with Crippen molar-refractivity contribution < 1.29 is 0 Å². The smallest absolute Gasteiger partial charge is 0.130 e. The number of rotatable bonds is 9. The molecule has 0 aromatic carbocycles. The van der Waals surface area contributed by atoms with Crippen LogP contribution in [0.25, 0.3) is 0 Å². The van der Waals surface area contributed by atoms with E-state index in [1.54, 1.807) is 0 Å². The number of hydrogen-bond donors (Lipinski definition) is 3. The standard InChI is InChI=1S/C22H46N6/c1-13(2)23-20(24-14(3)4)19(21(25-15(5)6)26-16(7)8)22(27-17(9)10)28-18(11)12/h13-19H,1-12H3,(H,23,24)(H,25,26)(H,27,28). The molecule has 0 heterocycles. The monoisotopic (exact) mass is 394 g/mol. The second-order valence-electron chi connectivity index (χ2n) is 9.15. The van der Waals surface area contributed by atoms with Crippen molar-refractivity contribution in [1.29, 1.82) is 0 Å². The lowest BCUT2D eigenvalue weighted by molar-refractivity contribution is 0.662. The number of amidine groups is 3. The summed E-state index contributed by atoms with van der Waals surface area (Å²) in [6.07, 6.45) is 0. The third-order valence-corrected chi connectivity index (χ3v) is 3.32. The van der Waals surface area contributed by atoms with Gasteiger partial charge in [0.2, 0.25) is 0 Å². The maximum absolute atomic E-state index is 4.95. The minimum absolute atomic E-state index is 0.169. The molecular weight excluding hydrogens is 348 g/mol. The zero-order chi connectivity index (χ0) is 22.0. The summed E-state index contributed by atoms with van der Waals surface area (Å²) in [5, 5.41) is 10.7. The van der Waals surface area contributed by atoms with E-state index in [1.807, 2.05) is 0 Å². The highest BCUT2D eigenvalue weighted by Crippen LogP contribution is 2.11. The minimum atomic E-state index is -0.181. The van der Waals surface area contributed by atoms with Crippen molar-refractivity contribution in [2.24, 2.45) is 20.9 Å². The molecule has 0 aromatic rings. The molecule has 0 aliphatic heterocycles. The number of nitrogens with one attached hydrogen (secondary N) is 3. The fourth-order valence-electron chi connectivity index (χ4n) is 2.70. The van der Waals surface area contributed by atoms with Crippen LogP contribution >= 0.6 is 0 Å². The van der Waals surface area contributed by atoms with Gasteiger partial charge in [-0.1, -0.05) is 0 Å². The van der Waals surface area contributed by atoms with Crippen LogP contribution in [-0.4, -0.2) is 53.8 Å². The third kappa shape index (κ3) is 11.3. The molecule has 0 fully saturated rings. The van der Waals surface area contributed by atoms with E-state index in [2.05, 4.69) is 99.0 Å². The Balaban J connectivity index is 6.66. The molecule has 0 aliphatic rings. The lowest BCUT2D eigenvalue weighted by atomic mass is 10.0. The average Bonchev–Trinajstić information content (AvgIpc) is 2.42. The Kier molecular flexibility index (Phi) is 12.1. The predicted octanol–water partition coefficient (Wildman–Crippen LogP) is 4.02. The molecule has 0 amide bonds. The maximum atomic E-state index is 4.95. The summed E-state index contributed by atoms with van der Waals surface area (Å²) < 4.78 is 0. The van der Waals surface area contributed by atoms with Crippen LogP contribution < -0.4 is 16.0 Å². The van der Waals surface area contributed by atoms with Gasteiger partial charge in [-0.25, -0.2) is 0 Å². The van der Waals surface area contributed by atoms with Gasteiger partial charge in [0.15, 0.2) is 0 Å².